The first kappa shape index (κ1) is 26.3. The largest absolute Gasteiger partial charge is 0.481 e. The van der Waals surface area contributed by atoms with Gasteiger partial charge in [0.05, 0.1) is 17.1 Å². The second-order valence-electron chi connectivity index (χ2n) is 8.67. The Kier molecular flexibility index (Phi) is 8.72. The van der Waals surface area contributed by atoms with Crippen LogP contribution < -0.4 is 10.5 Å². The van der Waals surface area contributed by atoms with Gasteiger partial charge in [0.15, 0.2) is 0 Å². The number of aliphatic hydroxyl groups excluding tert-OH is 1. The predicted molar refractivity (Wildman–Crippen MR) is 143 cm³/mol. The molecule has 0 spiro atoms. The van der Waals surface area contributed by atoms with E-state index in [-0.39, 0.29) is 24.5 Å². The maximum Gasteiger partial charge on any atom is 0.303 e. The topological polar surface area (TPSA) is 119 Å². The number of carboxylic acids is 1. The Morgan fingerprint density at radius 2 is 1.89 bits per heavy atom. The molecule has 10 nitrogen and oxygen atoms in total. The van der Waals surface area contributed by atoms with E-state index >= 15 is 0 Å². The number of hydrogen-bond acceptors (Lipinski definition) is 9. The third-order valence-electron chi connectivity index (χ3n) is 6.26. The van der Waals surface area contributed by atoms with Crippen molar-refractivity contribution >= 4 is 57.7 Å². The molecule has 0 saturated carbocycles. The minimum absolute atomic E-state index is 0.0994. The summed E-state index contributed by atoms with van der Waals surface area (Å²) in [6, 6.07) is 5.36. The van der Waals surface area contributed by atoms with Crippen molar-refractivity contribution in [2.75, 3.05) is 50.8 Å². The highest BCUT2D eigenvalue weighted by Crippen LogP contribution is 2.34. The fourth-order valence-corrected chi connectivity index (χ4v) is 5.62. The van der Waals surface area contributed by atoms with Gasteiger partial charge in [-0.05, 0) is 31.1 Å². The Morgan fingerprint density at radius 3 is 2.61 bits per heavy atom. The number of carbonyl (C=O) groups excluding carboxylic acids is 1. The smallest absolute Gasteiger partial charge is 0.303 e. The number of fused-ring (bicyclic) bond motifs is 1. The number of carboxylic acid groups (broad SMARTS) is 1. The van der Waals surface area contributed by atoms with Gasteiger partial charge < -0.3 is 15.1 Å². The zero-order valence-electron chi connectivity index (χ0n) is 19.8. The summed E-state index contributed by atoms with van der Waals surface area (Å²) in [7, 11) is 0. The van der Waals surface area contributed by atoms with Crippen molar-refractivity contribution in [1.82, 2.24) is 19.2 Å². The van der Waals surface area contributed by atoms with Crippen LogP contribution in [-0.2, 0) is 9.59 Å². The van der Waals surface area contributed by atoms with Crippen molar-refractivity contribution in [3.05, 3.63) is 45.2 Å². The van der Waals surface area contributed by atoms with E-state index in [4.69, 9.17) is 22.3 Å². The van der Waals surface area contributed by atoms with Crippen LogP contribution in [0.15, 0.2) is 34.1 Å². The van der Waals surface area contributed by atoms with Crippen molar-refractivity contribution in [2.45, 2.75) is 25.7 Å². The number of aliphatic hydroxyl groups is 1. The third-order valence-corrected chi connectivity index (χ3v) is 7.64. The number of nitrogens with zero attached hydrogens (tertiary/aromatic N) is 5. The molecule has 4 heterocycles. The number of thiocarbonyl (C=S) groups is 1. The molecule has 2 aliphatic heterocycles. The maximum atomic E-state index is 13.5. The second-order valence-corrected chi connectivity index (χ2v) is 10.3. The summed E-state index contributed by atoms with van der Waals surface area (Å²) in [4.78, 5) is 48.2. The Morgan fingerprint density at radius 1 is 1.11 bits per heavy atom. The Bertz CT molecular complexity index is 1240. The molecule has 12 heteroatoms. The van der Waals surface area contributed by atoms with Gasteiger partial charge in [-0.1, -0.05) is 36.5 Å². The SMILES string of the molecule is O=C(O)CCCCCN1C(=O)/C(=C/c2c(N3CCN(CCO)CC3)nc3ccccn3c2=O)SC1=S. The van der Waals surface area contributed by atoms with Crippen LogP contribution in [0.25, 0.3) is 11.7 Å². The molecule has 2 aromatic rings. The molecule has 2 saturated heterocycles. The first-order chi connectivity index (χ1) is 17.4. The number of unbranched alkanes of at least 4 members (excludes halogenated alkanes) is 2. The van der Waals surface area contributed by atoms with E-state index < -0.39 is 5.97 Å². The van der Waals surface area contributed by atoms with Gasteiger partial charge in [-0.15, -0.1) is 0 Å². The first-order valence-electron chi connectivity index (χ1n) is 12.0. The Hall–Kier alpha value is -2.80. The quantitative estimate of drug-likeness (QED) is 0.266. The minimum Gasteiger partial charge on any atom is -0.481 e. The summed E-state index contributed by atoms with van der Waals surface area (Å²) in [5.74, 6) is -0.544. The summed E-state index contributed by atoms with van der Waals surface area (Å²) in [6.45, 7) is 3.88. The predicted octanol–water partition coefficient (Wildman–Crippen LogP) is 1.66. The van der Waals surface area contributed by atoms with Gasteiger partial charge in [0, 0.05) is 51.9 Å². The number of hydrogen-bond donors (Lipinski definition) is 2. The molecule has 0 bridgehead atoms. The summed E-state index contributed by atoms with van der Waals surface area (Å²) in [6.07, 6.45) is 5.26. The lowest BCUT2D eigenvalue weighted by Crippen LogP contribution is -2.48. The molecule has 2 aliphatic rings. The van der Waals surface area contributed by atoms with E-state index in [1.165, 1.54) is 21.1 Å². The van der Waals surface area contributed by atoms with Crippen molar-refractivity contribution < 1.29 is 19.8 Å². The molecule has 36 heavy (non-hydrogen) atoms. The first-order valence-corrected chi connectivity index (χ1v) is 13.2. The van der Waals surface area contributed by atoms with Gasteiger partial charge >= 0.3 is 5.97 Å². The van der Waals surface area contributed by atoms with Crippen LogP contribution in [0.5, 0.6) is 0 Å². The summed E-state index contributed by atoms with van der Waals surface area (Å²) >= 11 is 6.60. The minimum atomic E-state index is -0.829. The lowest BCUT2D eigenvalue weighted by Gasteiger charge is -2.35. The average Bonchev–Trinajstić information content (AvgIpc) is 3.13. The van der Waals surface area contributed by atoms with Crippen LogP contribution in [0.2, 0.25) is 0 Å². The highest BCUT2D eigenvalue weighted by atomic mass is 32.2. The molecular formula is C24H29N5O5S2. The molecule has 2 aromatic heterocycles. The number of anilines is 1. The summed E-state index contributed by atoms with van der Waals surface area (Å²) < 4.78 is 1.90. The van der Waals surface area contributed by atoms with Gasteiger partial charge in [-0.25, -0.2) is 4.98 Å². The van der Waals surface area contributed by atoms with Crippen LogP contribution in [0.4, 0.5) is 5.82 Å². The van der Waals surface area contributed by atoms with Crippen LogP contribution in [0, 0.1) is 0 Å². The number of β-amino-alcohol motifs (C(OH)–C–C–N with tert-alkyl or cyclic N) is 1. The molecular weight excluding hydrogens is 502 g/mol. The fourth-order valence-electron chi connectivity index (χ4n) is 4.33. The van der Waals surface area contributed by atoms with E-state index in [9.17, 15) is 19.5 Å². The number of carbonyl (C=O) groups is 2. The number of aromatic nitrogens is 2. The molecule has 0 radical (unpaired) electrons. The molecule has 192 valence electrons. The Balaban J connectivity index is 1.60. The zero-order chi connectivity index (χ0) is 25.7. The van der Waals surface area contributed by atoms with Gasteiger partial charge in [-0.3, -0.25) is 28.6 Å². The average molecular weight is 532 g/mol. The zero-order valence-corrected chi connectivity index (χ0v) is 21.5. The van der Waals surface area contributed by atoms with E-state index in [2.05, 4.69) is 9.80 Å². The molecule has 2 fully saturated rings. The number of pyridine rings is 1. The number of piperazine rings is 1. The molecule has 0 aliphatic carbocycles. The van der Waals surface area contributed by atoms with Gasteiger partial charge in [0.25, 0.3) is 11.5 Å². The molecule has 0 atom stereocenters. The summed E-state index contributed by atoms with van der Waals surface area (Å²) in [5, 5.41) is 18.0. The molecule has 1 amide bonds. The number of rotatable bonds is 10. The molecule has 0 unspecified atom stereocenters. The molecule has 2 N–H and O–H groups in total. The highest BCUT2D eigenvalue weighted by molar-refractivity contribution is 8.26. The van der Waals surface area contributed by atoms with Crippen LogP contribution in [-0.4, -0.2) is 91.5 Å². The summed E-state index contributed by atoms with van der Waals surface area (Å²) in [5.41, 5.74) is 0.616. The molecule has 0 aromatic carbocycles. The van der Waals surface area contributed by atoms with Crippen LogP contribution in [0.3, 0.4) is 0 Å². The fraction of sp³-hybridized carbons (Fsp3) is 0.458. The maximum absolute atomic E-state index is 13.5. The standard InChI is InChI=1S/C24H29N5O5S2/c30-15-14-26-10-12-27(13-11-26)21-17(22(33)28-8-5-3-6-19(28)25-21)16-18-23(34)29(24(35)36-18)9-4-1-2-7-20(31)32/h3,5-6,8,16,30H,1-2,4,7,9-15H2,(H,31,32)/b18-16-. The highest BCUT2D eigenvalue weighted by Gasteiger charge is 2.33. The number of thioether (sulfide) groups is 1. The number of aliphatic carboxylic acids is 1. The lowest BCUT2D eigenvalue weighted by atomic mass is 10.2. The lowest BCUT2D eigenvalue weighted by molar-refractivity contribution is -0.137. The second kappa shape index (κ2) is 12.0. The van der Waals surface area contributed by atoms with Crippen molar-refractivity contribution in [1.29, 1.82) is 0 Å². The van der Waals surface area contributed by atoms with E-state index in [1.807, 2.05) is 6.07 Å². The normalized spacial score (nSPS) is 18.1. The van der Waals surface area contributed by atoms with Crippen LogP contribution >= 0.6 is 24.0 Å². The van der Waals surface area contributed by atoms with E-state index in [0.29, 0.717) is 71.7 Å². The number of amides is 1. The monoisotopic (exact) mass is 531 g/mol. The van der Waals surface area contributed by atoms with Gasteiger partial charge in [0.1, 0.15) is 15.8 Å². The van der Waals surface area contributed by atoms with Crippen molar-refractivity contribution in [3.8, 4) is 0 Å². The van der Waals surface area contributed by atoms with E-state index in [1.54, 1.807) is 24.4 Å². The van der Waals surface area contributed by atoms with Gasteiger partial charge in [0.2, 0.25) is 0 Å². The van der Waals surface area contributed by atoms with Gasteiger partial charge in [-0.2, -0.15) is 0 Å². The third kappa shape index (κ3) is 5.94. The van der Waals surface area contributed by atoms with Crippen molar-refractivity contribution in [2.24, 2.45) is 0 Å². The van der Waals surface area contributed by atoms with Crippen LogP contribution in [0.1, 0.15) is 31.2 Å². The Labute approximate surface area is 218 Å². The van der Waals surface area contributed by atoms with Crippen molar-refractivity contribution in [3.63, 3.8) is 0 Å². The molecule has 4 rings (SSSR count). The van der Waals surface area contributed by atoms with E-state index in [0.717, 1.165) is 13.1 Å².